The fourth-order valence-electron chi connectivity index (χ4n) is 1.90. The molecule has 1 aliphatic rings. The highest BCUT2D eigenvalue weighted by Crippen LogP contribution is 2.37. The molecule has 3 nitrogen and oxygen atoms in total. The Morgan fingerprint density at radius 1 is 1.43 bits per heavy atom. The first-order valence-electron chi connectivity index (χ1n) is 4.95. The molecule has 0 spiro atoms. The van der Waals surface area contributed by atoms with Crippen molar-refractivity contribution >= 4 is 16.8 Å². The molecule has 1 saturated carbocycles. The van der Waals surface area contributed by atoms with Crippen LogP contribution in [0.2, 0.25) is 0 Å². The lowest BCUT2D eigenvalue weighted by Crippen LogP contribution is -2.01. The van der Waals surface area contributed by atoms with Gasteiger partial charge in [0.2, 0.25) is 5.91 Å². The predicted octanol–water partition coefficient (Wildman–Crippen LogP) is 2.44. The molecule has 2 aromatic rings. The van der Waals surface area contributed by atoms with Gasteiger partial charge in [0, 0.05) is 36.9 Å². The Labute approximate surface area is 81.9 Å². The van der Waals surface area contributed by atoms with Crippen LogP contribution >= 0.6 is 0 Å². The minimum Gasteiger partial charge on any atom is -0.343 e. The van der Waals surface area contributed by atoms with Crippen LogP contribution in [0, 0.1) is 0 Å². The van der Waals surface area contributed by atoms with Gasteiger partial charge >= 0.3 is 0 Å². The molecule has 3 heteroatoms. The van der Waals surface area contributed by atoms with Crippen LogP contribution in [-0.2, 0) is 0 Å². The van der Waals surface area contributed by atoms with Crippen molar-refractivity contribution in [3.8, 4) is 0 Å². The topological polar surface area (TPSA) is 26.9 Å². The molecule has 0 amide bonds. The van der Waals surface area contributed by atoms with Crippen molar-refractivity contribution in [2.75, 3.05) is 0 Å². The van der Waals surface area contributed by atoms with E-state index >= 15 is 0 Å². The minimum atomic E-state index is 0.0727. The first kappa shape index (κ1) is 7.85. The van der Waals surface area contributed by atoms with E-state index in [-0.39, 0.29) is 5.91 Å². The van der Waals surface area contributed by atoms with Crippen molar-refractivity contribution < 1.29 is 4.79 Å². The largest absolute Gasteiger partial charge is 0.343 e. The molecule has 0 aromatic carbocycles. The summed E-state index contributed by atoms with van der Waals surface area (Å²) in [7, 11) is 0. The maximum Gasteiger partial charge on any atom is 0.227 e. The number of hydrogen-bond donors (Lipinski definition) is 0. The van der Waals surface area contributed by atoms with Gasteiger partial charge in [0.05, 0.1) is 5.52 Å². The van der Waals surface area contributed by atoms with Crippen molar-refractivity contribution in [3.05, 3.63) is 24.7 Å². The lowest BCUT2D eigenvalue weighted by atomic mass is 10.4. The summed E-state index contributed by atoms with van der Waals surface area (Å²) in [4.78, 5) is 11.2. The van der Waals surface area contributed by atoms with E-state index in [0.717, 1.165) is 5.39 Å². The smallest absolute Gasteiger partial charge is 0.227 e. The van der Waals surface area contributed by atoms with Gasteiger partial charge < -0.3 is 4.57 Å². The fraction of sp³-hybridized carbons (Fsp3) is 0.364. The predicted molar refractivity (Wildman–Crippen MR) is 54.5 cm³/mol. The molecule has 0 atom stereocenters. The molecule has 14 heavy (non-hydrogen) atoms. The Hall–Kier alpha value is -1.51. The third-order valence-electron chi connectivity index (χ3n) is 2.83. The van der Waals surface area contributed by atoms with Gasteiger partial charge in [-0.25, -0.2) is 0 Å². The Morgan fingerprint density at radius 2 is 2.21 bits per heavy atom. The van der Waals surface area contributed by atoms with E-state index in [2.05, 4.69) is 16.8 Å². The summed E-state index contributed by atoms with van der Waals surface area (Å²) in [6, 6.07) is 2.75. The summed E-state index contributed by atoms with van der Waals surface area (Å²) in [5, 5.41) is 1.16. The molecule has 0 radical (unpaired) electrons. The maximum atomic E-state index is 11.2. The third kappa shape index (κ3) is 1.02. The van der Waals surface area contributed by atoms with E-state index < -0.39 is 0 Å². The number of carbonyl (C=O) groups excluding carboxylic acids is 1. The van der Waals surface area contributed by atoms with Crippen LogP contribution in [0.15, 0.2) is 24.7 Å². The summed E-state index contributed by atoms with van der Waals surface area (Å²) in [6.45, 7) is 1.58. The zero-order valence-electron chi connectivity index (χ0n) is 8.10. The number of rotatable bonds is 1. The standard InChI is InChI=1S/C11H12N2O/c1-8(14)12-6-9-4-5-13(10-2-3-10)11(9)7-12/h4-7,10H,2-3H2,1H3. The Kier molecular flexibility index (Phi) is 1.40. The normalized spacial score (nSPS) is 16.4. The number of aromatic nitrogens is 2. The van der Waals surface area contributed by atoms with Crippen LogP contribution in [0.3, 0.4) is 0 Å². The first-order chi connectivity index (χ1) is 6.75. The van der Waals surface area contributed by atoms with Gasteiger partial charge in [-0.15, -0.1) is 0 Å². The second-order valence-corrected chi connectivity index (χ2v) is 3.98. The highest BCUT2D eigenvalue weighted by molar-refractivity contribution is 5.87. The molecule has 72 valence electrons. The summed E-state index contributed by atoms with van der Waals surface area (Å²) in [5.41, 5.74) is 1.18. The molecule has 1 fully saturated rings. The summed E-state index contributed by atoms with van der Waals surface area (Å²) >= 11 is 0. The molecule has 0 bridgehead atoms. The van der Waals surface area contributed by atoms with Crippen molar-refractivity contribution in [2.24, 2.45) is 0 Å². The van der Waals surface area contributed by atoms with Crippen LogP contribution in [0.5, 0.6) is 0 Å². The van der Waals surface area contributed by atoms with Gasteiger partial charge in [-0.05, 0) is 18.9 Å². The molecule has 3 rings (SSSR count). The number of carbonyl (C=O) groups is 1. The average molecular weight is 188 g/mol. The average Bonchev–Trinajstić information content (AvgIpc) is 2.77. The number of nitrogens with zero attached hydrogens (tertiary/aromatic N) is 2. The van der Waals surface area contributed by atoms with Gasteiger partial charge in [-0.1, -0.05) is 0 Å². The van der Waals surface area contributed by atoms with Crippen LogP contribution in [0.4, 0.5) is 0 Å². The number of hydrogen-bond acceptors (Lipinski definition) is 1. The van der Waals surface area contributed by atoms with Crippen molar-refractivity contribution in [1.29, 1.82) is 0 Å². The SMILES string of the molecule is CC(=O)n1cc2ccn(C3CC3)c2c1. The second kappa shape index (κ2) is 2.50. The van der Waals surface area contributed by atoms with Crippen molar-refractivity contribution in [3.63, 3.8) is 0 Å². The van der Waals surface area contributed by atoms with Gasteiger partial charge in [0.15, 0.2) is 0 Å². The van der Waals surface area contributed by atoms with Crippen LogP contribution in [-0.4, -0.2) is 15.0 Å². The highest BCUT2D eigenvalue weighted by Gasteiger charge is 2.24. The van der Waals surface area contributed by atoms with Gasteiger partial charge in [-0.3, -0.25) is 9.36 Å². The second-order valence-electron chi connectivity index (χ2n) is 3.98. The molecule has 0 aliphatic heterocycles. The lowest BCUT2D eigenvalue weighted by molar-refractivity contribution is 0.0937. The summed E-state index contributed by atoms with van der Waals surface area (Å²) in [6.07, 6.45) is 8.49. The maximum absolute atomic E-state index is 11.2. The Balaban J connectivity index is 2.18. The van der Waals surface area contributed by atoms with Gasteiger partial charge in [0.1, 0.15) is 0 Å². The molecule has 2 heterocycles. The summed E-state index contributed by atoms with van der Waals surface area (Å²) in [5.74, 6) is 0.0727. The van der Waals surface area contributed by atoms with Gasteiger partial charge in [-0.2, -0.15) is 0 Å². The minimum absolute atomic E-state index is 0.0727. The first-order valence-corrected chi connectivity index (χ1v) is 4.95. The van der Waals surface area contributed by atoms with Crippen molar-refractivity contribution in [2.45, 2.75) is 25.8 Å². The molecule has 0 unspecified atom stereocenters. The molecular formula is C11H12N2O. The highest BCUT2D eigenvalue weighted by atomic mass is 16.1. The molecule has 2 aromatic heterocycles. The quantitative estimate of drug-likeness (QED) is 0.675. The van der Waals surface area contributed by atoms with E-state index in [0.29, 0.717) is 6.04 Å². The fourth-order valence-corrected chi connectivity index (χ4v) is 1.90. The Morgan fingerprint density at radius 3 is 2.86 bits per heavy atom. The number of fused-ring (bicyclic) bond motifs is 1. The van der Waals surface area contributed by atoms with E-state index in [9.17, 15) is 4.79 Å². The molecular weight excluding hydrogens is 176 g/mol. The summed E-state index contributed by atoms with van der Waals surface area (Å²) < 4.78 is 3.93. The molecule has 0 saturated heterocycles. The monoisotopic (exact) mass is 188 g/mol. The van der Waals surface area contributed by atoms with Gasteiger partial charge in [0.25, 0.3) is 0 Å². The lowest BCUT2D eigenvalue weighted by Gasteiger charge is -1.99. The van der Waals surface area contributed by atoms with E-state index in [1.54, 1.807) is 11.5 Å². The zero-order valence-corrected chi connectivity index (χ0v) is 8.10. The van der Waals surface area contributed by atoms with Crippen LogP contribution in [0.25, 0.3) is 10.9 Å². The zero-order chi connectivity index (χ0) is 9.71. The Bertz CT molecular complexity index is 502. The molecule has 1 aliphatic carbocycles. The third-order valence-corrected chi connectivity index (χ3v) is 2.83. The van der Waals surface area contributed by atoms with Crippen molar-refractivity contribution in [1.82, 2.24) is 9.13 Å². The van der Waals surface area contributed by atoms with E-state index in [1.807, 2.05) is 12.4 Å². The van der Waals surface area contributed by atoms with E-state index in [1.165, 1.54) is 18.4 Å². The van der Waals surface area contributed by atoms with E-state index in [4.69, 9.17) is 0 Å². The molecule has 0 N–H and O–H groups in total. The van der Waals surface area contributed by atoms with Crippen LogP contribution < -0.4 is 0 Å². The van der Waals surface area contributed by atoms with Crippen LogP contribution in [0.1, 0.15) is 30.6 Å².